The van der Waals surface area contributed by atoms with E-state index in [0.717, 1.165) is 5.69 Å². The average molecular weight is 333 g/mol. The smallest absolute Gasteiger partial charge is 0.255 e. The molecule has 0 aliphatic rings. The molecule has 0 aliphatic heterocycles. The predicted molar refractivity (Wildman–Crippen MR) is 86.3 cm³/mol. The molecule has 0 saturated carbocycles. The van der Waals surface area contributed by atoms with E-state index in [2.05, 4.69) is 36.4 Å². The van der Waals surface area contributed by atoms with Crippen molar-refractivity contribution in [3.05, 3.63) is 66.7 Å². The van der Waals surface area contributed by atoms with Gasteiger partial charge in [-0.05, 0) is 57.3 Å². The summed E-state index contributed by atoms with van der Waals surface area (Å²) in [6.07, 6.45) is 2.95. The molecule has 1 N–H and O–H groups in total. The number of hydrogen-bond acceptors (Lipinski definition) is 7. The van der Waals surface area contributed by atoms with Gasteiger partial charge < -0.3 is 5.32 Å². The summed E-state index contributed by atoms with van der Waals surface area (Å²) in [7, 11) is 0. The zero-order chi connectivity index (χ0) is 17.1. The second-order valence-corrected chi connectivity index (χ2v) is 5.06. The number of rotatable bonds is 4. The SMILES string of the molecule is O=C(Nc1cccc(-n2cnnn2)c1)c1cccc(-n2cnnn2)c1. The second kappa shape index (κ2) is 6.28. The zero-order valence-corrected chi connectivity index (χ0v) is 12.8. The van der Waals surface area contributed by atoms with E-state index in [0.29, 0.717) is 16.9 Å². The Kier molecular flexibility index (Phi) is 3.67. The lowest BCUT2D eigenvalue weighted by molar-refractivity contribution is 0.102. The Balaban J connectivity index is 1.57. The van der Waals surface area contributed by atoms with Crippen molar-refractivity contribution in [2.24, 2.45) is 0 Å². The molecule has 0 spiro atoms. The van der Waals surface area contributed by atoms with E-state index >= 15 is 0 Å². The molecule has 25 heavy (non-hydrogen) atoms. The molecule has 2 aromatic heterocycles. The fourth-order valence-corrected chi connectivity index (χ4v) is 2.28. The third kappa shape index (κ3) is 3.08. The molecule has 10 nitrogen and oxygen atoms in total. The van der Waals surface area contributed by atoms with Crippen LogP contribution in [-0.4, -0.2) is 46.3 Å². The lowest BCUT2D eigenvalue weighted by Gasteiger charge is -2.08. The minimum Gasteiger partial charge on any atom is -0.322 e. The summed E-state index contributed by atoms with van der Waals surface area (Å²) < 4.78 is 2.99. The van der Waals surface area contributed by atoms with Crippen molar-refractivity contribution in [2.45, 2.75) is 0 Å². The fourth-order valence-electron chi connectivity index (χ4n) is 2.28. The van der Waals surface area contributed by atoms with E-state index in [4.69, 9.17) is 0 Å². The third-order valence-corrected chi connectivity index (χ3v) is 3.44. The number of nitrogens with zero attached hydrogens (tertiary/aromatic N) is 8. The van der Waals surface area contributed by atoms with Crippen LogP contribution in [0.2, 0.25) is 0 Å². The third-order valence-electron chi connectivity index (χ3n) is 3.44. The molecule has 0 unspecified atom stereocenters. The molecule has 4 aromatic rings. The van der Waals surface area contributed by atoms with E-state index in [1.165, 1.54) is 22.0 Å². The number of anilines is 1. The summed E-state index contributed by atoms with van der Waals surface area (Å²) in [5.41, 5.74) is 2.55. The first-order valence-electron chi connectivity index (χ1n) is 7.28. The molecule has 10 heteroatoms. The normalized spacial score (nSPS) is 10.6. The first kappa shape index (κ1) is 14.6. The number of benzene rings is 2. The lowest BCUT2D eigenvalue weighted by Crippen LogP contribution is -2.12. The van der Waals surface area contributed by atoms with Crippen molar-refractivity contribution >= 4 is 11.6 Å². The van der Waals surface area contributed by atoms with Crippen LogP contribution in [0, 0.1) is 0 Å². The van der Waals surface area contributed by atoms with Crippen molar-refractivity contribution in [2.75, 3.05) is 5.32 Å². The number of amides is 1. The van der Waals surface area contributed by atoms with Crippen LogP contribution in [0.5, 0.6) is 0 Å². The minimum absolute atomic E-state index is 0.246. The molecule has 0 bridgehead atoms. The Bertz CT molecular complexity index is 996. The van der Waals surface area contributed by atoms with Gasteiger partial charge in [0.1, 0.15) is 12.7 Å². The second-order valence-electron chi connectivity index (χ2n) is 5.06. The molecule has 122 valence electrons. The highest BCUT2D eigenvalue weighted by molar-refractivity contribution is 6.04. The average Bonchev–Trinajstić information content (AvgIpc) is 3.36. The van der Waals surface area contributed by atoms with Crippen molar-refractivity contribution in [1.29, 1.82) is 0 Å². The number of hydrogen-bond donors (Lipinski definition) is 1. The topological polar surface area (TPSA) is 116 Å². The van der Waals surface area contributed by atoms with Crippen molar-refractivity contribution < 1.29 is 4.79 Å². The molecule has 0 fully saturated rings. The maximum absolute atomic E-state index is 12.5. The summed E-state index contributed by atoms with van der Waals surface area (Å²) in [5.74, 6) is -0.246. The van der Waals surface area contributed by atoms with Gasteiger partial charge in [-0.3, -0.25) is 4.79 Å². The van der Waals surface area contributed by atoms with Crippen LogP contribution in [0.1, 0.15) is 10.4 Å². The summed E-state index contributed by atoms with van der Waals surface area (Å²) >= 11 is 0. The standard InChI is InChI=1S/C15H11N9O/c25-15(11-3-1-5-13(7-11)23-9-16-19-21-23)18-12-4-2-6-14(8-12)24-10-17-20-22-24/h1-10H,(H,18,25). The van der Waals surface area contributed by atoms with Crippen LogP contribution in [0.25, 0.3) is 11.4 Å². The molecule has 2 heterocycles. The highest BCUT2D eigenvalue weighted by Gasteiger charge is 2.09. The van der Waals surface area contributed by atoms with Crippen LogP contribution < -0.4 is 5.32 Å². The van der Waals surface area contributed by atoms with Crippen LogP contribution >= 0.6 is 0 Å². The summed E-state index contributed by atoms with van der Waals surface area (Å²) in [6, 6.07) is 14.2. The maximum Gasteiger partial charge on any atom is 0.255 e. The fraction of sp³-hybridized carbons (Fsp3) is 0. The maximum atomic E-state index is 12.5. The monoisotopic (exact) mass is 333 g/mol. The van der Waals surface area contributed by atoms with Gasteiger partial charge in [-0.1, -0.05) is 12.1 Å². The number of tetrazole rings is 2. The van der Waals surface area contributed by atoms with E-state index in [1.54, 1.807) is 30.3 Å². The number of nitrogens with one attached hydrogen (secondary N) is 1. The quantitative estimate of drug-likeness (QED) is 0.589. The van der Waals surface area contributed by atoms with E-state index in [1.807, 2.05) is 18.2 Å². The number of carbonyl (C=O) groups is 1. The Morgan fingerprint density at radius 3 is 2.12 bits per heavy atom. The largest absolute Gasteiger partial charge is 0.322 e. The van der Waals surface area contributed by atoms with Gasteiger partial charge in [0.2, 0.25) is 0 Å². The molecule has 0 radical (unpaired) electrons. The summed E-state index contributed by atoms with van der Waals surface area (Å²) in [5, 5.41) is 24.9. The minimum atomic E-state index is -0.246. The van der Waals surface area contributed by atoms with Crippen molar-refractivity contribution in [3.8, 4) is 11.4 Å². The van der Waals surface area contributed by atoms with Gasteiger partial charge in [-0.2, -0.15) is 0 Å². The molecule has 0 atom stereocenters. The summed E-state index contributed by atoms with van der Waals surface area (Å²) in [4.78, 5) is 12.5. The Hall–Kier alpha value is -3.95. The van der Waals surface area contributed by atoms with Gasteiger partial charge in [0.25, 0.3) is 5.91 Å². The number of aromatic nitrogens is 8. The number of carbonyl (C=O) groups excluding carboxylic acids is 1. The van der Waals surface area contributed by atoms with Crippen LogP contribution in [0.15, 0.2) is 61.2 Å². The van der Waals surface area contributed by atoms with Gasteiger partial charge >= 0.3 is 0 Å². The molecule has 2 aromatic carbocycles. The molecule has 0 saturated heterocycles. The van der Waals surface area contributed by atoms with Gasteiger partial charge in [-0.15, -0.1) is 10.2 Å². The van der Waals surface area contributed by atoms with Crippen molar-refractivity contribution in [1.82, 2.24) is 40.4 Å². The Morgan fingerprint density at radius 1 is 0.840 bits per heavy atom. The van der Waals surface area contributed by atoms with Crippen molar-refractivity contribution in [3.63, 3.8) is 0 Å². The molecule has 1 amide bonds. The highest BCUT2D eigenvalue weighted by atomic mass is 16.1. The van der Waals surface area contributed by atoms with Gasteiger partial charge in [0.15, 0.2) is 0 Å². The zero-order valence-electron chi connectivity index (χ0n) is 12.8. The molecule has 4 rings (SSSR count). The van der Waals surface area contributed by atoms with E-state index < -0.39 is 0 Å². The van der Waals surface area contributed by atoms with Gasteiger partial charge in [-0.25, -0.2) is 9.36 Å². The first-order valence-corrected chi connectivity index (χ1v) is 7.28. The van der Waals surface area contributed by atoms with Gasteiger partial charge in [0, 0.05) is 11.3 Å². The van der Waals surface area contributed by atoms with Gasteiger partial charge in [0.05, 0.1) is 11.4 Å². The first-order chi connectivity index (χ1) is 12.3. The van der Waals surface area contributed by atoms with Crippen LogP contribution in [-0.2, 0) is 0 Å². The molecular weight excluding hydrogens is 322 g/mol. The van der Waals surface area contributed by atoms with E-state index in [9.17, 15) is 4.79 Å². The van der Waals surface area contributed by atoms with E-state index in [-0.39, 0.29) is 5.91 Å². The van der Waals surface area contributed by atoms with Crippen LogP contribution in [0.3, 0.4) is 0 Å². The summed E-state index contributed by atoms with van der Waals surface area (Å²) in [6.45, 7) is 0. The lowest BCUT2D eigenvalue weighted by atomic mass is 10.2. The molecular formula is C15H11N9O. The predicted octanol–water partition coefficient (Wildman–Crippen LogP) is 0.890. The highest BCUT2D eigenvalue weighted by Crippen LogP contribution is 2.15. The van der Waals surface area contributed by atoms with Crippen LogP contribution in [0.4, 0.5) is 5.69 Å². The Morgan fingerprint density at radius 2 is 1.48 bits per heavy atom. The molecule has 0 aliphatic carbocycles. The Labute approximate surface area is 141 Å².